The largest absolute Gasteiger partial charge is 0.0628 e. The summed E-state index contributed by atoms with van der Waals surface area (Å²) in [4.78, 5) is 0. The van der Waals surface area contributed by atoms with Crippen molar-refractivity contribution in [2.24, 2.45) is 11.8 Å². The van der Waals surface area contributed by atoms with Crippen molar-refractivity contribution in [1.29, 1.82) is 0 Å². The second-order valence-corrected chi connectivity index (χ2v) is 3.02. The van der Waals surface area contributed by atoms with E-state index in [0.29, 0.717) is 0 Å². The second kappa shape index (κ2) is 6.38. The van der Waals surface area contributed by atoms with Crippen molar-refractivity contribution >= 4 is 0 Å². The summed E-state index contributed by atoms with van der Waals surface area (Å²) in [6.07, 6.45) is 1.36. The van der Waals surface area contributed by atoms with Gasteiger partial charge < -0.3 is 0 Å². The van der Waals surface area contributed by atoms with E-state index in [-0.39, 0.29) is 37.7 Å². The van der Waals surface area contributed by atoms with Gasteiger partial charge in [0.25, 0.3) is 0 Å². The molecule has 0 bridgehead atoms. The SMILES string of the molecule is CC(C)CC(C)C.[Ar]. The molecular formula is C7H16Ar. The predicted octanol–water partition coefficient (Wildman–Crippen LogP) is 2.69. The minimum Gasteiger partial charge on any atom is -0.0628 e. The monoisotopic (exact) mass is 140 g/mol. The normalized spacial score (nSPS) is 9.75. The van der Waals surface area contributed by atoms with Crippen LogP contribution in [0.15, 0.2) is 0 Å². The number of hydrogen-bond acceptors (Lipinski definition) is 0. The zero-order valence-electron chi connectivity index (χ0n) is 6.22. The topological polar surface area (TPSA) is 0 Å². The third-order valence-electron chi connectivity index (χ3n) is 0.943. The van der Waals surface area contributed by atoms with Crippen molar-refractivity contribution in [1.82, 2.24) is 0 Å². The zero-order chi connectivity index (χ0) is 5.86. The van der Waals surface area contributed by atoms with E-state index in [9.17, 15) is 0 Å². The molecule has 0 saturated carbocycles. The summed E-state index contributed by atoms with van der Waals surface area (Å²) in [6.45, 7) is 9.06. The average Bonchev–Trinajstić information content (AvgIpc) is 1.27. The molecule has 0 nitrogen and oxygen atoms in total. The van der Waals surface area contributed by atoms with Gasteiger partial charge in [0.2, 0.25) is 0 Å². The first-order valence-corrected chi connectivity index (χ1v) is 3.13. The molecule has 0 aromatic rings. The zero-order valence-corrected chi connectivity index (χ0v) is 6.92. The second-order valence-electron chi connectivity index (χ2n) is 3.02. The molecule has 0 unspecified atom stereocenters. The van der Waals surface area contributed by atoms with Crippen LogP contribution in [0.4, 0.5) is 0 Å². The van der Waals surface area contributed by atoms with E-state index >= 15 is 0 Å². The first-order valence-electron chi connectivity index (χ1n) is 3.13. The standard InChI is InChI=1S/C7H16.Ar/c1-6(2)5-7(3)4;/h6-7H,5H2,1-4H3;. The fourth-order valence-corrected chi connectivity index (χ4v) is 0.943. The van der Waals surface area contributed by atoms with Crippen LogP contribution in [0.3, 0.4) is 0 Å². The molecule has 52 valence electrons. The Bertz CT molecular complexity index is 33.7. The van der Waals surface area contributed by atoms with E-state index < -0.39 is 0 Å². The molecule has 1 heteroatoms. The summed E-state index contributed by atoms with van der Waals surface area (Å²) in [6, 6.07) is 0. The molecule has 0 aliphatic carbocycles. The fourth-order valence-electron chi connectivity index (χ4n) is 0.943. The minimum atomic E-state index is 0. The van der Waals surface area contributed by atoms with Crippen LogP contribution in [-0.2, 0) is 0 Å². The van der Waals surface area contributed by atoms with Crippen LogP contribution in [0.5, 0.6) is 0 Å². The van der Waals surface area contributed by atoms with Gasteiger partial charge in [0.05, 0.1) is 0 Å². The third kappa shape index (κ3) is 10.3. The van der Waals surface area contributed by atoms with E-state index in [1.54, 1.807) is 0 Å². The first-order chi connectivity index (χ1) is 3.13. The van der Waals surface area contributed by atoms with Gasteiger partial charge in [-0.15, -0.1) is 0 Å². The summed E-state index contributed by atoms with van der Waals surface area (Å²) in [5.41, 5.74) is 0. The summed E-state index contributed by atoms with van der Waals surface area (Å²) in [5.74, 6) is 1.75. The Balaban J connectivity index is 0. The molecule has 0 N–H and O–H groups in total. The smallest absolute Gasteiger partial charge is 0 e. The van der Waals surface area contributed by atoms with Crippen LogP contribution < -0.4 is 0 Å². The molecule has 0 spiro atoms. The summed E-state index contributed by atoms with van der Waals surface area (Å²) in [5, 5.41) is 0. The van der Waals surface area contributed by atoms with Gasteiger partial charge in [0.15, 0.2) is 0 Å². The van der Waals surface area contributed by atoms with E-state index in [1.807, 2.05) is 0 Å². The molecule has 0 aliphatic heterocycles. The molecule has 8 heavy (non-hydrogen) atoms. The molecule has 0 aliphatic rings. The van der Waals surface area contributed by atoms with Gasteiger partial charge >= 0.3 is 0 Å². The number of hydrogen-bond donors (Lipinski definition) is 0. The quantitative estimate of drug-likeness (QED) is 0.553. The van der Waals surface area contributed by atoms with Crippen LogP contribution in [0.1, 0.15) is 34.1 Å². The first kappa shape index (κ1) is 12.0. The number of rotatable bonds is 2. The predicted molar refractivity (Wildman–Crippen MR) is 34.3 cm³/mol. The van der Waals surface area contributed by atoms with E-state index in [2.05, 4.69) is 27.7 Å². The molecule has 0 aromatic carbocycles. The van der Waals surface area contributed by atoms with Crippen LogP contribution in [0, 0.1) is 49.6 Å². The summed E-state index contributed by atoms with van der Waals surface area (Å²) < 4.78 is 0. The van der Waals surface area contributed by atoms with Gasteiger partial charge in [-0.1, -0.05) is 27.7 Å². The van der Waals surface area contributed by atoms with Gasteiger partial charge in [-0.3, -0.25) is 0 Å². The van der Waals surface area contributed by atoms with Gasteiger partial charge in [-0.25, -0.2) is 0 Å². The van der Waals surface area contributed by atoms with Crippen LogP contribution in [0.25, 0.3) is 0 Å². The average molecular weight is 140 g/mol. The molecule has 0 amide bonds. The van der Waals surface area contributed by atoms with Crippen LogP contribution in [0.2, 0.25) is 0 Å². The Morgan fingerprint density at radius 3 is 1.12 bits per heavy atom. The van der Waals surface area contributed by atoms with E-state index in [1.165, 1.54) is 6.42 Å². The van der Waals surface area contributed by atoms with Gasteiger partial charge in [-0.05, 0) is 18.3 Å². The van der Waals surface area contributed by atoms with Gasteiger partial charge in [0, 0.05) is 37.7 Å². The molecule has 0 fully saturated rings. The molecule has 0 aromatic heterocycles. The van der Waals surface area contributed by atoms with Gasteiger partial charge in [0.1, 0.15) is 0 Å². The maximum absolute atomic E-state index is 2.26. The molecular weight excluding hydrogens is 124 g/mol. The summed E-state index contributed by atoms with van der Waals surface area (Å²) >= 11 is 0. The van der Waals surface area contributed by atoms with E-state index in [0.717, 1.165) is 11.8 Å². The van der Waals surface area contributed by atoms with Gasteiger partial charge in [-0.2, -0.15) is 0 Å². The Morgan fingerprint density at radius 2 is 1.12 bits per heavy atom. The third-order valence-corrected chi connectivity index (χ3v) is 0.943. The maximum atomic E-state index is 2.26. The van der Waals surface area contributed by atoms with E-state index in [4.69, 9.17) is 0 Å². The van der Waals surface area contributed by atoms with Crippen molar-refractivity contribution in [3.05, 3.63) is 0 Å². The van der Waals surface area contributed by atoms with Crippen molar-refractivity contribution in [2.75, 3.05) is 0 Å². The maximum Gasteiger partial charge on any atom is 0 e. The Hall–Kier alpha value is 1.26. The Morgan fingerprint density at radius 1 is 0.875 bits per heavy atom. The Kier molecular flexibility index (Phi) is 9.56. The van der Waals surface area contributed by atoms with Crippen LogP contribution >= 0.6 is 0 Å². The van der Waals surface area contributed by atoms with Crippen LogP contribution in [-0.4, -0.2) is 0 Å². The molecule has 0 atom stereocenters. The minimum absolute atomic E-state index is 0. The van der Waals surface area contributed by atoms with Crippen molar-refractivity contribution in [3.63, 3.8) is 0 Å². The van der Waals surface area contributed by atoms with Crippen molar-refractivity contribution in [3.8, 4) is 0 Å². The molecule has 0 rings (SSSR count). The van der Waals surface area contributed by atoms with Crippen molar-refractivity contribution < 1.29 is 37.7 Å². The molecule has 0 saturated heterocycles. The molecule has 0 radical (unpaired) electrons. The fraction of sp³-hybridized carbons (Fsp3) is 1.00. The summed E-state index contributed by atoms with van der Waals surface area (Å²) in [7, 11) is 0. The molecule has 0 heterocycles. The Labute approximate surface area is 83.0 Å². The van der Waals surface area contributed by atoms with Crippen molar-refractivity contribution in [2.45, 2.75) is 34.1 Å².